The van der Waals surface area contributed by atoms with Gasteiger partial charge in [-0.3, -0.25) is 4.79 Å². The maximum absolute atomic E-state index is 11.0. The minimum absolute atomic E-state index is 0.238. The number of halogens is 1. The van der Waals surface area contributed by atoms with E-state index in [1.54, 1.807) is 16.1 Å². The van der Waals surface area contributed by atoms with Crippen LogP contribution in [0.25, 0.3) is 0 Å². The second-order valence-corrected chi connectivity index (χ2v) is 2.85. The van der Waals surface area contributed by atoms with E-state index in [2.05, 4.69) is 15.9 Å². The third-order valence-electron chi connectivity index (χ3n) is 1.60. The second-order valence-electron chi connectivity index (χ2n) is 2.32. The topological polar surface area (TPSA) is 20.3 Å². The predicted molar refractivity (Wildman–Crippen MR) is 43.6 cm³/mol. The molecule has 56 valence electrons. The maximum atomic E-state index is 11.0. The number of carbonyl (C=O) groups excluding carboxylic acids is 1. The Morgan fingerprint density at radius 2 is 2.30 bits per heavy atom. The number of amides is 1. The van der Waals surface area contributed by atoms with E-state index in [9.17, 15) is 4.79 Å². The lowest BCUT2D eigenvalue weighted by molar-refractivity contribution is -0.130. The molecule has 1 aliphatic heterocycles. The first-order chi connectivity index (χ1) is 4.84. The molecule has 0 N–H and O–H groups in total. The molecule has 10 heavy (non-hydrogen) atoms. The summed E-state index contributed by atoms with van der Waals surface area (Å²) in [6, 6.07) is 0. The normalized spacial score (nSPS) is 20.5. The molecule has 2 nitrogen and oxygen atoms in total. The van der Waals surface area contributed by atoms with Crippen LogP contribution >= 0.6 is 15.9 Å². The van der Waals surface area contributed by atoms with E-state index in [0.717, 1.165) is 19.4 Å². The molecule has 0 atom stereocenters. The molecule has 1 heterocycles. The van der Waals surface area contributed by atoms with Crippen LogP contribution in [0.2, 0.25) is 0 Å². The van der Waals surface area contributed by atoms with Crippen molar-refractivity contribution >= 4 is 21.8 Å². The van der Waals surface area contributed by atoms with Crippen molar-refractivity contribution in [3.8, 4) is 0 Å². The van der Waals surface area contributed by atoms with Crippen LogP contribution in [0.15, 0.2) is 11.2 Å². The fraction of sp³-hybridized carbons (Fsp3) is 0.571. The van der Waals surface area contributed by atoms with Crippen molar-refractivity contribution in [3.63, 3.8) is 0 Å². The van der Waals surface area contributed by atoms with Gasteiger partial charge in [0.05, 0.1) is 0 Å². The van der Waals surface area contributed by atoms with Crippen molar-refractivity contribution in [2.24, 2.45) is 0 Å². The first kappa shape index (κ1) is 7.79. The van der Waals surface area contributed by atoms with Gasteiger partial charge in [-0.2, -0.15) is 0 Å². The van der Waals surface area contributed by atoms with Crippen LogP contribution in [0, 0.1) is 0 Å². The van der Waals surface area contributed by atoms with E-state index in [4.69, 9.17) is 0 Å². The Balaban J connectivity index is 2.48. The number of hydrogen-bond donors (Lipinski definition) is 0. The van der Waals surface area contributed by atoms with E-state index in [1.807, 2.05) is 0 Å². The lowest BCUT2D eigenvalue weighted by Gasteiger charge is -2.22. The summed E-state index contributed by atoms with van der Waals surface area (Å²) in [5.41, 5.74) is 0. The van der Waals surface area contributed by atoms with Gasteiger partial charge >= 0.3 is 0 Å². The maximum Gasteiger partial charge on any atom is 0.226 e. The number of hydrogen-bond acceptors (Lipinski definition) is 1. The molecule has 1 rings (SSSR count). The quantitative estimate of drug-likeness (QED) is 0.638. The molecule has 0 aliphatic carbocycles. The third kappa shape index (κ3) is 1.84. The Bertz CT molecular complexity index is 156. The molecule has 3 heteroatoms. The summed E-state index contributed by atoms with van der Waals surface area (Å²) in [7, 11) is 0. The van der Waals surface area contributed by atoms with Crippen molar-refractivity contribution in [2.45, 2.75) is 19.3 Å². The fourth-order valence-corrected chi connectivity index (χ4v) is 1.34. The molecule has 0 aromatic carbocycles. The molecular formula is C7H10BrNO. The van der Waals surface area contributed by atoms with Crippen LogP contribution in [0.1, 0.15) is 19.3 Å². The minimum Gasteiger partial charge on any atom is -0.319 e. The number of likely N-dealkylation sites (tertiary alicyclic amines) is 1. The SMILES string of the molecule is O=C1CCCCN1/C=C/Br. The molecule has 0 radical (unpaired) electrons. The van der Waals surface area contributed by atoms with Gasteiger partial charge in [0.15, 0.2) is 0 Å². The molecule has 0 unspecified atom stereocenters. The monoisotopic (exact) mass is 203 g/mol. The highest BCUT2D eigenvalue weighted by atomic mass is 79.9. The summed E-state index contributed by atoms with van der Waals surface area (Å²) < 4.78 is 0. The van der Waals surface area contributed by atoms with Crippen LogP contribution in [0.4, 0.5) is 0 Å². The van der Waals surface area contributed by atoms with Gasteiger partial charge in [0, 0.05) is 19.2 Å². The second kappa shape index (κ2) is 3.76. The van der Waals surface area contributed by atoms with Gasteiger partial charge in [-0.1, -0.05) is 15.9 Å². The van der Waals surface area contributed by atoms with Crippen LogP contribution < -0.4 is 0 Å². The zero-order chi connectivity index (χ0) is 7.40. The smallest absolute Gasteiger partial charge is 0.226 e. The van der Waals surface area contributed by atoms with Gasteiger partial charge in [-0.05, 0) is 17.8 Å². The highest BCUT2D eigenvalue weighted by molar-refractivity contribution is 9.11. The third-order valence-corrected chi connectivity index (χ3v) is 1.83. The molecular weight excluding hydrogens is 194 g/mol. The number of piperidine rings is 1. The van der Waals surface area contributed by atoms with Gasteiger partial charge in [0.2, 0.25) is 5.91 Å². The standard InChI is InChI=1S/C7H10BrNO/c8-4-6-9-5-2-1-3-7(9)10/h4,6H,1-3,5H2/b6-4+. The van der Waals surface area contributed by atoms with E-state index >= 15 is 0 Å². The first-order valence-electron chi connectivity index (χ1n) is 3.41. The predicted octanol–water partition coefficient (Wildman–Crippen LogP) is 1.86. The summed E-state index contributed by atoms with van der Waals surface area (Å²) >= 11 is 3.14. The van der Waals surface area contributed by atoms with Crippen molar-refractivity contribution < 1.29 is 4.79 Å². The fourth-order valence-electron chi connectivity index (χ4n) is 1.05. The van der Waals surface area contributed by atoms with E-state index < -0.39 is 0 Å². The Labute approximate surface area is 69.0 Å². The zero-order valence-electron chi connectivity index (χ0n) is 5.72. The summed E-state index contributed by atoms with van der Waals surface area (Å²) in [6.07, 6.45) is 4.66. The lowest BCUT2D eigenvalue weighted by atomic mass is 10.1. The average molecular weight is 204 g/mol. The van der Waals surface area contributed by atoms with Crippen LogP contribution in [-0.4, -0.2) is 17.4 Å². The van der Waals surface area contributed by atoms with E-state index in [-0.39, 0.29) is 5.91 Å². The number of rotatable bonds is 1. The Kier molecular flexibility index (Phi) is 2.93. The highest BCUT2D eigenvalue weighted by Crippen LogP contribution is 2.10. The Morgan fingerprint density at radius 3 is 2.90 bits per heavy atom. The molecule has 0 spiro atoms. The van der Waals surface area contributed by atoms with Crippen LogP contribution in [0.5, 0.6) is 0 Å². The Hall–Kier alpha value is -0.310. The van der Waals surface area contributed by atoms with Gasteiger partial charge < -0.3 is 4.90 Å². The molecule has 0 saturated carbocycles. The molecule has 1 amide bonds. The van der Waals surface area contributed by atoms with Gasteiger partial charge in [-0.15, -0.1) is 0 Å². The first-order valence-corrected chi connectivity index (χ1v) is 4.32. The van der Waals surface area contributed by atoms with Gasteiger partial charge in [0.1, 0.15) is 0 Å². The summed E-state index contributed by atoms with van der Waals surface area (Å²) in [4.78, 5) is 14.5. The van der Waals surface area contributed by atoms with Gasteiger partial charge in [0.25, 0.3) is 0 Å². The zero-order valence-corrected chi connectivity index (χ0v) is 7.30. The number of nitrogens with zero attached hydrogens (tertiary/aromatic N) is 1. The summed E-state index contributed by atoms with van der Waals surface area (Å²) in [6.45, 7) is 0.876. The largest absolute Gasteiger partial charge is 0.319 e. The summed E-state index contributed by atoms with van der Waals surface area (Å²) in [5, 5.41) is 0. The van der Waals surface area contributed by atoms with Crippen molar-refractivity contribution in [1.29, 1.82) is 0 Å². The molecule has 1 saturated heterocycles. The molecule has 0 aromatic rings. The number of carbonyl (C=O) groups is 1. The van der Waals surface area contributed by atoms with Crippen molar-refractivity contribution in [2.75, 3.05) is 6.54 Å². The highest BCUT2D eigenvalue weighted by Gasteiger charge is 2.14. The van der Waals surface area contributed by atoms with Crippen molar-refractivity contribution in [1.82, 2.24) is 4.90 Å². The molecule has 0 aromatic heterocycles. The van der Waals surface area contributed by atoms with Crippen LogP contribution in [0.3, 0.4) is 0 Å². The molecule has 0 bridgehead atoms. The van der Waals surface area contributed by atoms with Crippen molar-refractivity contribution in [3.05, 3.63) is 11.2 Å². The minimum atomic E-state index is 0.238. The molecule has 1 aliphatic rings. The van der Waals surface area contributed by atoms with E-state index in [1.165, 1.54) is 0 Å². The average Bonchev–Trinajstić information content (AvgIpc) is 1.94. The summed E-state index contributed by atoms with van der Waals surface area (Å²) in [5.74, 6) is 0.238. The molecule has 1 fully saturated rings. The van der Waals surface area contributed by atoms with E-state index in [0.29, 0.717) is 6.42 Å². The Morgan fingerprint density at radius 1 is 1.50 bits per heavy atom. The lowest BCUT2D eigenvalue weighted by Crippen LogP contribution is -2.30. The van der Waals surface area contributed by atoms with Crippen LogP contribution in [-0.2, 0) is 4.79 Å². The van der Waals surface area contributed by atoms with Gasteiger partial charge in [-0.25, -0.2) is 0 Å².